The number of esters is 1. The average Bonchev–Trinajstić information content (AvgIpc) is 2.50. The van der Waals surface area contributed by atoms with Crippen LogP contribution in [0.25, 0.3) is 0 Å². The van der Waals surface area contributed by atoms with Gasteiger partial charge in [-0.25, -0.2) is 9.18 Å². The van der Waals surface area contributed by atoms with Crippen LogP contribution < -0.4 is 5.32 Å². The number of halogens is 1. The number of benzene rings is 2. The van der Waals surface area contributed by atoms with Gasteiger partial charge in [-0.3, -0.25) is 4.79 Å². The summed E-state index contributed by atoms with van der Waals surface area (Å²) in [5.74, 6) is -1.43. The van der Waals surface area contributed by atoms with Crippen LogP contribution in [-0.4, -0.2) is 19.0 Å². The van der Waals surface area contributed by atoms with Crippen molar-refractivity contribution in [2.75, 3.05) is 12.4 Å². The standard InChI is InChI=1S/C16H14FNO3/c1-10-3-8-13(17)14(9-10)18-15(19)11-4-6-12(7-5-11)16(20)21-2/h3-9H,1-2H3,(H,18,19). The molecule has 0 bridgehead atoms. The van der Waals surface area contributed by atoms with Crippen LogP contribution in [0.1, 0.15) is 26.3 Å². The van der Waals surface area contributed by atoms with Crippen molar-refractivity contribution in [3.05, 3.63) is 65.0 Å². The molecule has 0 atom stereocenters. The Morgan fingerprint density at radius 2 is 1.67 bits per heavy atom. The van der Waals surface area contributed by atoms with E-state index >= 15 is 0 Å². The maximum Gasteiger partial charge on any atom is 0.337 e. The van der Waals surface area contributed by atoms with Crippen LogP contribution >= 0.6 is 0 Å². The van der Waals surface area contributed by atoms with Crippen LogP contribution in [0.15, 0.2) is 42.5 Å². The van der Waals surface area contributed by atoms with E-state index in [0.717, 1.165) is 5.56 Å². The molecular weight excluding hydrogens is 273 g/mol. The van der Waals surface area contributed by atoms with Crippen LogP contribution in [0.3, 0.4) is 0 Å². The van der Waals surface area contributed by atoms with E-state index in [-0.39, 0.29) is 5.69 Å². The molecule has 2 aromatic rings. The Morgan fingerprint density at radius 1 is 1.05 bits per heavy atom. The van der Waals surface area contributed by atoms with E-state index < -0.39 is 17.7 Å². The molecule has 2 rings (SSSR count). The number of rotatable bonds is 3. The number of nitrogens with one attached hydrogen (secondary N) is 1. The second kappa shape index (κ2) is 6.17. The van der Waals surface area contributed by atoms with Gasteiger partial charge in [-0.05, 0) is 48.9 Å². The largest absolute Gasteiger partial charge is 0.465 e. The lowest BCUT2D eigenvalue weighted by Crippen LogP contribution is -2.13. The summed E-state index contributed by atoms with van der Waals surface area (Å²) in [4.78, 5) is 23.3. The fraction of sp³-hybridized carbons (Fsp3) is 0.125. The smallest absolute Gasteiger partial charge is 0.337 e. The highest BCUT2D eigenvalue weighted by Gasteiger charge is 2.11. The lowest BCUT2D eigenvalue weighted by Gasteiger charge is -2.08. The molecule has 0 unspecified atom stereocenters. The molecule has 108 valence electrons. The molecule has 0 aliphatic heterocycles. The van der Waals surface area contributed by atoms with E-state index in [9.17, 15) is 14.0 Å². The molecule has 0 fully saturated rings. The zero-order valence-corrected chi connectivity index (χ0v) is 11.6. The first-order valence-electron chi connectivity index (χ1n) is 6.27. The second-order valence-electron chi connectivity index (χ2n) is 4.51. The summed E-state index contributed by atoms with van der Waals surface area (Å²) in [5.41, 5.74) is 1.63. The van der Waals surface area contributed by atoms with Gasteiger partial charge in [-0.1, -0.05) is 6.07 Å². The van der Waals surface area contributed by atoms with Crippen molar-refractivity contribution >= 4 is 17.6 Å². The molecule has 21 heavy (non-hydrogen) atoms. The Balaban J connectivity index is 2.17. The van der Waals surface area contributed by atoms with Crippen LogP contribution in [0.4, 0.5) is 10.1 Å². The molecule has 0 aliphatic rings. The molecule has 0 aliphatic carbocycles. The van der Waals surface area contributed by atoms with Crippen molar-refractivity contribution in [2.45, 2.75) is 6.92 Å². The fourth-order valence-electron chi connectivity index (χ4n) is 1.80. The molecule has 0 heterocycles. The molecule has 0 saturated carbocycles. The summed E-state index contributed by atoms with van der Waals surface area (Å²) in [5, 5.41) is 2.50. The third-order valence-corrected chi connectivity index (χ3v) is 2.94. The highest BCUT2D eigenvalue weighted by Crippen LogP contribution is 2.17. The summed E-state index contributed by atoms with van der Waals surface area (Å²) in [6.07, 6.45) is 0. The first-order chi connectivity index (χ1) is 10.0. The molecule has 4 nitrogen and oxygen atoms in total. The van der Waals surface area contributed by atoms with Crippen molar-refractivity contribution in [2.24, 2.45) is 0 Å². The molecule has 1 amide bonds. The van der Waals surface area contributed by atoms with Gasteiger partial charge < -0.3 is 10.1 Å². The van der Waals surface area contributed by atoms with E-state index in [1.165, 1.54) is 37.4 Å². The van der Waals surface area contributed by atoms with Crippen molar-refractivity contribution in [3.63, 3.8) is 0 Å². The van der Waals surface area contributed by atoms with Gasteiger partial charge in [-0.15, -0.1) is 0 Å². The van der Waals surface area contributed by atoms with E-state index in [1.807, 2.05) is 0 Å². The molecule has 5 heteroatoms. The normalized spacial score (nSPS) is 10.0. The quantitative estimate of drug-likeness (QED) is 0.882. The van der Waals surface area contributed by atoms with Gasteiger partial charge in [0, 0.05) is 5.56 Å². The average molecular weight is 287 g/mol. The number of methoxy groups -OCH3 is 1. The van der Waals surface area contributed by atoms with Crippen LogP contribution in [0.5, 0.6) is 0 Å². The number of ether oxygens (including phenoxy) is 1. The van der Waals surface area contributed by atoms with Crippen LogP contribution in [0.2, 0.25) is 0 Å². The maximum atomic E-state index is 13.6. The Morgan fingerprint density at radius 3 is 2.29 bits per heavy atom. The zero-order valence-electron chi connectivity index (χ0n) is 11.6. The molecule has 0 spiro atoms. The fourth-order valence-corrected chi connectivity index (χ4v) is 1.80. The molecular formula is C16H14FNO3. The SMILES string of the molecule is COC(=O)c1ccc(C(=O)Nc2cc(C)ccc2F)cc1. The Bertz CT molecular complexity index is 680. The topological polar surface area (TPSA) is 55.4 Å². The predicted octanol–water partition coefficient (Wildman–Crippen LogP) is 3.17. The summed E-state index contributed by atoms with van der Waals surface area (Å²) in [6.45, 7) is 1.81. The third-order valence-electron chi connectivity index (χ3n) is 2.94. The summed E-state index contributed by atoms with van der Waals surface area (Å²) < 4.78 is 18.2. The highest BCUT2D eigenvalue weighted by molar-refractivity contribution is 6.04. The van der Waals surface area contributed by atoms with E-state index in [1.54, 1.807) is 19.1 Å². The zero-order chi connectivity index (χ0) is 15.4. The van der Waals surface area contributed by atoms with Crippen molar-refractivity contribution in [3.8, 4) is 0 Å². The lowest BCUT2D eigenvalue weighted by atomic mass is 10.1. The van der Waals surface area contributed by atoms with Gasteiger partial charge in [-0.2, -0.15) is 0 Å². The van der Waals surface area contributed by atoms with Gasteiger partial charge in [0.05, 0.1) is 18.4 Å². The number of amides is 1. The summed E-state index contributed by atoms with van der Waals surface area (Å²) >= 11 is 0. The molecule has 1 N–H and O–H groups in total. The molecule has 0 saturated heterocycles. The highest BCUT2D eigenvalue weighted by atomic mass is 19.1. The Kier molecular flexibility index (Phi) is 4.33. The number of aryl methyl sites for hydroxylation is 1. The minimum absolute atomic E-state index is 0.122. The number of carbonyl (C=O) groups excluding carboxylic acids is 2. The predicted molar refractivity (Wildman–Crippen MR) is 76.9 cm³/mol. The minimum atomic E-state index is -0.500. The Labute approximate surface area is 121 Å². The number of hydrogen-bond acceptors (Lipinski definition) is 3. The van der Waals surface area contributed by atoms with E-state index in [0.29, 0.717) is 11.1 Å². The molecule has 2 aromatic carbocycles. The molecule has 0 radical (unpaired) electrons. The first-order valence-corrected chi connectivity index (χ1v) is 6.27. The van der Waals surface area contributed by atoms with Gasteiger partial charge in [0.15, 0.2) is 0 Å². The van der Waals surface area contributed by atoms with Crippen molar-refractivity contribution in [1.29, 1.82) is 0 Å². The Hall–Kier alpha value is -2.69. The van der Waals surface area contributed by atoms with Gasteiger partial charge in [0.2, 0.25) is 0 Å². The van der Waals surface area contributed by atoms with Gasteiger partial charge in [0.1, 0.15) is 5.82 Å². The third kappa shape index (κ3) is 3.45. The number of hydrogen-bond donors (Lipinski definition) is 1. The van der Waals surface area contributed by atoms with Crippen molar-refractivity contribution in [1.82, 2.24) is 0 Å². The van der Waals surface area contributed by atoms with Crippen LogP contribution in [0, 0.1) is 12.7 Å². The van der Waals surface area contributed by atoms with Crippen LogP contribution in [-0.2, 0) is 4.74 Å². The van der Waals surface area contributed by atoms with E-state index in [2.05, 4.69) is 10.1 Å². The van der Waals surface area contributed by atoms with E-state index in [4.69, 9.17) is 0 Å². The number of carbonyl (C=O) groups is 2. The monoisotopic (exact) mass is 287 g/mol. The van der Waals surface area contributed by atoms with Gasteiger partial charge >= 0.3 is 5.97 Å². The maximum absolute atomic E-state index is 13.6. The van der Waals surface area contributed by atoms with Gasteiger partial charge in [0.25, 0.3) is 5.91 Å². The lowest BCUT2D eigenvalue weighted by molar-refractivity contribution is 0.0600. The number of anilines is 1. The summed E-state index contributed by atoms with van der Waals surface area (Å²) in [6, 6.07) is 10.4. The molecule has 0 aromatic heterocycles. The first kappa shape index (κ1) is 14.7. The second-order valence-corrected chi connectivity index (χ2v) is 4.51. The summed E-state index contributed by atoms with van der Waals surface area (Å²) in [7, 11) is 1.28. The van der Waals surface area contributed by atoms with Crippen molar-refractivity contribution < 1.29 is 18.7 Å². The minimum Gasteiger partial charge on any atom is -0.465 e.